The molecular formula is C11H15F2N. The predicted molar refractivity (Wildman–Crippen MR) is 53.1 cm³/mol. The molecule has 0 amide bonds. The number of halogens is 2. The highest BCUT2D eigenvalue weighted by Crippen LogP contribution is 2.15. The lowest BCUT2D eigenvalue weighted by molar-refractivity contribution is 0.566. The van der Waals surface area contributed by atoms with E-state index in [2.05, 4.69) is 0 Å². The van der Waals surface area contributed by atoms with E-state index >= 15 is 0 Å². The Bertz CT molecular complexity index is 321. The van der Waals surface area contributed by atoms with E-state index in [0.29, 0.717) is 24.0 Å². The van der Waals surface area contributed by atoms with Crippen LogP contribution in [0.15, 0.2) is 12.1 Å². The van der Waals surface area contributed by atoms with Gasteiger partial charge >= 0.3 is 0 Å². The van der Waals surface area contributed by atoms with Gasteiger partial charge in [0.2, 0.25) is 0 Å². The molecule has 1 aromatic carbocycles. The van der Waals surface area contributed by atoms with E-state index in [4.69, 9.17) is 5.73 Å². The van der Waals surface area contributed by atoms with Crippen molar-refractivity contribution in [2.24, 2.45) is 5.73 Å². The van der Waals surface area contributed by atoms with Gasteiger partial charge in [-0.05, 0) is 49.9 Å². The maximum absolute atomic E-state index is 13.3. The first-order chi connectivity index (χ1) is 6.50. The van der Waals surface area contributed by atoms with Crippen LogP contribution in [0.3, 0.4) is 0 Å². The number of benzene rings is 1. The molecule has 0 fully saturated rings. The van der Waals surface area contributed by atoms with E-state index in [1.807, 2.05) is 6.92 Å². The van der Waals surface area contributed by atoms with Gasteiger partial charge in [0, 0.05) is 6.04 Å². The molecule has 0 saturated heterocycles. The smallest absolute Gasteiger partial charge is 0.126 e. The Kier molecular flexibility index (Phi) is 3.58. The van der Waals surface area contributed by atoms with Crippen LogP contribution in [0.1, 0.15) is 24.5 Å². The van der Waals surface area contributed by atoms with E-state index in [-0.39, 0.29) is 17.7 Å². The second kappa shape index (κ2) is 4.51. The highest BCUT2D eigenvalue weighted by molar-refractivity contribution is 5.25. The zero-order chi connectivity index (χ0) is 10.7. The zero-order valence-electron chi connectivity index (χ0n) is 8.48. The summed E-state index contributed by atoms with van der Waals surface area (Å²) in [5, 5.41) is 0. The van der Waals surface area contributed by atoms with Gasteiger partial charge in [-0.3, -0.25) is 0 Å². The molecule has 1 rings (SSSR count). The quantitative estimate of drug-likeness (QED) is 0.795. The van der Waals surface area contributed by atoms with Crippen molar-refractivity contribution >= 4 is 0 Å². The maximum atomic E-state index is 13.3. The Hall–Kier alpha value is -0.960. The molecule has 0 aromatic heterocycles. The van der Waals surface area contributed by atoms with Gasteiger partial charge < -0.3 is 5.73 Å². The van der Waals surface area contributed by atoms with Crippen molar-refractivity contribution in [3.8, 4) is 0 Å². The van der Waals surface area contributed by atoms with Crippen molar-refractivity contribution in [1.82, 2.24) is 0 Å². The van der Waals surface area contributed by atoms with E-state index in [1.165, 1.54) is 12.1 Å². The maximum Gasteiger partial charge on any atom is 0.126 e. The van der Waals surface area contributed by atoms with E-state index in [9.17, 15) is 8.78 Å². The van der Waals surface area contributed by atoms with Gasteiger partial charge in [-0.15, -0.1) is 0 Å². The largest absolute Gasteiger partial charge is 0.328 e. The lowest BCUT2D eigenvalue weighted by atomic mass is 10.0. The van der Waals surface area contributed by atoms with Crippen LogP contribution in [-0.4, -0.2) is 6.04 Å². The van der Waals surface area contributed by atoms with Crippen LogP contribution in [0.4, 0.5) is 8.78 Å². The fourth-order valence-corrected chi connectivity index (χ4v) is 1.26. The van der Waals surface area contributed by atoms with Crippen LogP contribution < -0.4 is 5.73 Å². The van der Waals surface area contributed by atoms with Crippen LogP contribution >= 0.6 is 0 Å². The minimum atomic E-state index is -0.355. The Labute approximate surface area is 82.9 Å². The average Bonchev–Trinajstić information content (AvgIpc) is 2.09. The summed E-state index contributed by atoms with van der Waals surface area (Å²) in [5.41, 5.74) is 6.29. The molecule has 0 saturated carbocycles. The Balaban J connectivity index is 2.82. The molecule has 1 atom stereocenters. The Morgan fingerprint density at radius 3 is 2.50 bits per heavy atom. The lowest BCUT2D eigenvalue weighted by Crippen LogP contribution is -2.15. The molecule has 0 aliphatic carbocycles. The first-order valence-corrected chi connectivity index (χ1v) is 4.71. The predicted octanol–water partition coefficient (Wildman–Crippen LogP) is 2.55. The van der Waals surface area contributed by atoms with Gasteiger partial charge in [0.05, 0.1) is 0 Å². The lowest BCUT2D eigenvalue weighted by Gasteiger charge is -2.07. The van der Waals surface area contributed by atoms with Crippen LogP contribution in [0.2, 0.25) is 0 Å². The topological polar surface area (TPSA) is 26.0 Å². The summed E-state index contributed by atoms with van der Waals surface area (Å²) in [6, 6.07) is 2.50. The molecule has 0 radical (unpaired) electrons. The highest BCUT2D eigenvalue weighted by atomic mass is 19.1. The standard InChI is InChI=1S/C11H15F2N/c1-7-5-11(13)9(6-10(7)12)4-3-8(2)14/h5-6,8H,3-4,14H2,1-2H3/t8-/m1/s1. The normalized spacial score (nSPS) is 12.9. The highest BCUT2D eigenvalue weighted by Gasteiger charge is 2.07. The van der Waals surface area contributed by atoms with Crippen molar-refractivity contribution in [3.63, 3.8) is 0 Å². The number of rotatable bonds is 3. The second-order valence-electron chi connectivity index (χ2n) is 3.71. The molecule has 1 nitrogen and oxygen atoms in total. The average molecular weight is 199 g/mol. The van der Waals surface area contributed by atoms with E-state index in [0.717, 1.165) is 0 Å². The number of hydrogen-bond acceptors (Lipinski definition) is 1. The molecule has 14 heavy (non-hydrogen) atoms. The van der Waals surface area contributed by atoms with Gasteiger partial charge in [0.25, 0.3) is 0 Å². The summed E-state index contributed by atoms with van der Waals surface area (Å²) in [6.45, 7) is 3.40. The monoisotopic (exact) mass is 199 g/mol. The molecule has 78 valence electrons. The van der Waals surface area contributed by atoms with Crippen molar-refractivity contribution in [2.45, 2.75) is 32.7 Å². The van der Waals surface area contributed by atoms with Gasteiger partial charge in [-0.2, -0.15) is 0 Å². The second-order valence-corrected chi connectivity index (χ2v) is 3.71. The van der Waals surface area contributed by atoms with E-state index in [1.54, 1.807) is 6.92 Å². The van der Waals surface area contributed by atoms with Crippen LogP contribution in [0, 0.1) is 18.6 Å². The van der Waals surface area contributed by atoms with Gasteiger partial charge in [0.15, 0.2) is 0 Å². The molecule has 1 aromatic rings. The summed E-state index contributed by atoms with van der Waals surface area (Å²) in [5.74, 6) is -0.698. The van der Waals surface area contributed by atoms with Crippen LogP contribution in [0.5, 0.6) is 0 Å². The third-order valence-electron chi connectivity index (χ3n) is 2.20. The third-order valence-corrected chi connectivity index (χ3v) is 2.20. The summed E-state index contributed by atoms with van der Waals surface area (Å²) < 4.78 is 26.4. The molecular weight excluding hydrogens is 184 g/mol. The van der Waals surface area contributed by atoms with Gasteiger partial charge in [-0.25, -0.2) is 8.78 Å². The van der Waals surface area contributed by atoms with Crippen LogP contribution in [0.25, 0.3) is 0 Å². The summed E-state index contributed by atoms with van der Waals surface area (Å²) in [6.07, 6.45) is 1.15. The van der Waals surface area contributed by atoms with E-state index < -0.39 is 0 Å². The van der Waals surface area contributed by atoms with Crippen molar-refractivity contribution in [1.29, 1.82) is 0 Å². The molecule has 0 spiro atoms. The molecule has 0 aliphatic heterocycles. The SMILES string of the molecule is Cc1cc(F)c(CC[C@@H](C)N)cc1F. The third kappa shape index (κ3) is 2.77. The minimum Gasteiger partial charge on any atom is -0.328 e. The van der Waals surface area contributed by atoms with Crippen LogP contribution in [-0.2, 0) is 6.42 Å². The summed E-state index contributed by atoms with van der Waals surface area (Å²) >= 11 is 0. The summed E-state index contributed by atoms with van der Waals surface area (Å²) in [7, 11) is 0. The minimum absolute atomic E-state index is 0.0127. The molecule has 0 heterocycles. The molecule has 2 N–H and O–H groups in total. The Morgan fingerprint density at radius 2 is 1.93 bits per heavy atom. The molecule has 0 aliphatic rings. The molecule has 3 heteroatoms. The van der Waals surface area contributed by atoms with Gasteiger partial charge in [-0.1, -0.05) is 0 Å². The van der Waals surface area contributed by atoms with Crippen molar-refractivity contribution in [3.05, 3.63) is 34.9 Å². The Morgan fingerprint density at radius 1 is 1.29 bits per heavy atom. The van der Waals surface area contributed by atoms with Crippen molar-refractivity contribution < 1.29 is 8.78 Å². The molecule has 0 bridgehead atoms. The first kappa shape index (κ1) is 11.1. The number of aryl methyl sites for hydroxylation is 2. The fraction of sp³-hybridized carbons (Fsp3) is 0.455. The first-order valence-electron chi connectivity index (χ1n) is 4.71. The number of hydrogen-bond donors (Lipinski definition) is 1. The molecule has 0 unspecified atom stereocenters. The fourth-order valence-electron chi connectivity index (χ4n) is 1.26. The van der Waals surface area contributed by atoms with Crippen molar-refractivity contribution in [2.75, 3.05) is 0 Å². The van der Waals surface area contributed by atoms with Gasteiger partial charge in [0.1, 0.15) is 11.6 Å². The zero-order valence-corrected chi connectivity index (χ0v) is 8.48. The number of nitrogens with two attached hydrogens (primary N) is 1. The summed E-state index contributed by atoms with van der Waals surface area (Å²) in [4.78, 5) is 0.